The number of hydrogen-bond acceptors (Lipinski definition) is 1. The molecule has 2 nitrogen and oxygen atoms in total. The molecule has 0 aliphatic heterocycles. The second kappa shape index (κ2) is 11.7. The van der Waals surface area contributed by atoms with Crippen molar-refractivity contribution in [1.82, 2.24) is 4.57 Å². The molecule has 0 atom stereocenters. The monoisotopic (exact) mass is 728 g/mol. The van der Waals surface area contributed by atoms with Crippen LogP contribution in [0.15, 0.2) is 182 Å². The molecule has 0 spiro atoms. The van der Waals surface area contributed by atoms with Gasteiger partial charge in [0.15, 0.2) is 0 Å². The first-order chi connectivity index (χ1) is 25.8. The Labute approximate surface area is 308 Å². The number of aromatic nitrogens is 1. The summed E-state index contributed by atoms with van der Waals surface area (Å²) in [7, 11) is 0. The van der Waals surface area contributed by atoms with Gasteiger partial charge in [-0.05, 0) is 18.2 Å². The van der Waals surface area contributed by atoms with E-state index in [0.717, 1.165) is 17.8 Å². The first-order valence-corrected chi connectivity index (χ1v) is 19.6. The standard InChI is InChI=1S/C49H32N2Se/c1-2-12-35(13-3-1)51-45-18-8-6-15-40(45)44-31-37(26-28-47(44)51)50(46-19-10-17-39-38-14-5-4-11-34(38)29-43(39)46)36-24-21-32(22-25-36)33-23-27-42-41-16-7-9-20-48(41)52-49(42)30-33/h1-28,30-31H,29H2. The van der Waals surface area contributed by atoms with Crippen LogP contribution in [0.2, 0.25) is 0 Å². The Morgan fingerprint density at radius 1 is 0.442 bits per heavy atom. The molecule has 244 valence electrons. The molecule has 1 aliphatic carbocycles. The summed E-state index contributed by atoms with van der Waals surface area (Å²) in [5, 5.41) is 5.29. The molecule has 3 heteroatoms. The summed E-state index contributed by atoms with van der Waals surface area (Å²) < 4.78 is 5.34. The van der Waals surface area contributed by atoms with Crippen LogP contribution in [0.4, 0.5) is 17.1 Å². The van der Waals surface area contributed by atoms with Crippen LogP contribution in [-0.2, 0) is 6.42 Å². The summed E-state index contributed by atoms with van der Waals surface area (Å²) in [5.74, 6) is 0. The molecule has 11 rings (SSSR count). The van der Waals surface area contributed by atoms with Crippen molar-refractivity contribution >= 4 is 72.7 Å². The van der Waals surface area contributed by atoms with Crippen molar-refractivity contribution in [3.63, 3.8) is 0 Å². The van der Waals surface area contributed by atoms with E-state index < -0.39 is 0 Å². The third-order valence-corrected chi connectivity index (χ3v) is 13.2. The minimum atomic E-state index is 0.340. The fraction of sp³-hybridized carbons (Fsp3) is 0.0204. The van der Waals surface area contributed by atoms with E-state index in [9.17, 15) is 0 Å². The van der Waals surface area contributed by atoms with Gasteiger partial charge in [-0.2, -0.15) is 0 Å². The van der Waals surface area contributed by atoms with Gasteiger partial charge < -0.3 is 4.57 Å². The van der Waals surface area contributed by atoms with Crippen LogP contribution < -0.4 is 4.90 Å². The van der Waals surface area contributed by atoms with Gasteiger partial charge in [-0.3, -0.25) is 0 Å². The second-order valence-electron chi connectivity index (χ2n) is 13.7. The summed E-state index contributed by atoms with van der Waals surface area (Å²) in [6, 6.07) is 67.3. The molecule has 0 saturated carbocycles. The van der Waals surface area contributed by atoms with Gasteiger partial charge in [0.05, 0.1) is 5.52 Å². The van der Waals surface area contributed by atoms with Crippen molar-refractivity contribution in [3.05, 3.63) is 193 Å². The van der Waals surface area contributed by atoms with Gasteiger partial charge in [-0.1, -0.05) is 60.7 Å². The summed E-state index contributed by atoms with van der Waals surface area (Å²) in [4.78, 5) is 2.48. The summed E-state index contributed by atoms with van der Waals surface area (Å²) in [5.41, 5.74) is 15.1. The third kappa shape index (κ3) is 4.57. The quantitative estimate of drug-likeness (QED) is 0.160. The van der Waals surface area contributed by atoms with Crippen molar-refractivity contribution in [2.24, 2.45) is 0 Å². The molecule has 2 aromatic heterocycles. The van der Waals surface area contributed by atoms with E-state index in [0.29, 0.717) is 14.5 Å². The SMILES string of the molecule is c1ccc(-n2c3ccccc3c3cc(N(c4ccc(-c5ccc6c(c5)[se]c5ccccc56)cc4)c4cccc5c4Cc4ccccc4-5)ccc32)cc1. The minimum absolute atomic E-state index is 0.340. The smallest absolute Gasteiger partial charge is 0.0602 e. The summed E-state index contributed by atoms with van der Waals surface area (Å²) in [6.07, 6.45) is 0.922. The molecule has 10 aromatic rings. The van der Waals surface area contributed by atoms with E-state index in [-0.39, 0.29) is 0 Å². The van der Waals surface area contributed by atoms with Crippen LogP contribution in [0.1, 0.15) is 11.1 Å². The Morgan fingerprint density at radius 2 is 1.13 bits per heavy atom. The van der Waals surface area contributed by atoms with Gasteiger partial charge in [-0.15, -0.1) is 0 Å². The molecule has 0 amide bonds. The third-order valence-electron chi connectivity index (χ3n) is 10.8. The van der Waals surface area contributed by atoms with E-state index in [1.54, 1.807) is 0 Å². The molecule has 0 bridgehead atoms. The van der Waals surface area contributed by atoms with E-state index in [2.05, 4.69) is 191 Å². The Balaban J connectivity index is 1.08. The molecule has 2 heterocycles. The normalized spacial score (nSPS) is 12.2. The molecule has 0 radical (unpaired) electrons. The van der Waals surface area contributed by atoms with Crippen LogP contribution in [0.25, 0.3) is 69.0 Å². The average Bonchev–Trinajstić information content (AvgIpc) is 3.88. The Morgan fingerprint density at radius 3 is 2.04 bits per heavy atom. The molecule has 0 saturated heterocycles. The first-order valence-electron chi connectivity index (χ1n) is 17.9. The topological polar surface area (TPSA) is 8.17 Å². The molecule has 0 fully saturated rings. The molecule has 0 unspecified atom stereocenters. The van der Waals surface area contributed by atoms with E-state index in [1.165, 1.54) is 85.9 Å². The number of benzene rings is 8. The molecular formula is C49H32N2Se. The predicted octanol–water partition coefficient (Wildman–Crippen LogP) is 12.9. The Kier molecular flexibility index (Phi) is 6.67. The summed E-state index contributed by atoms with van der Waals surface area (Å²) >= 11 is 0.340. The van der Waals surface area contributed by atoms with Crippen molar-refractivity contribution in [2.45, 2.75) is 6.42 Å². The van der Waals surface area contributed by atoms with E-state index in [4.69, 9.17) is 0 Å². The van der Waals surface area contributed by atoms with Crippen molar-refractivity contribution in [1.29, 1.82) is 0 Å². The average molecular weight is 728 g/mol. The Hall–Kier alpha value is -6.12. The zero-order valence-electron chi connectivity index (χ0n) is 28.3. The van der Waals surface area contributed by atoms with Gasteiger partial charge >= 0.3 is 215 Å². The van der Waals surface area contributed by atoms with Crippen molar-refractivity contribution < 1.29 is 0 Å². The van der Waals surface area contributed by atoms with Crippen LogP contribution in [0.3, 0.4) is 0 Å². The van der Waals surface area contributed by atoms with E-state index in [1.807, 2.05) is 0 Å². The molecule has 1 aliphatic rings. The number of rotatable bonds is 5. The van der Waals surface area contributed by atoms with Gasteiger partial charge in [0.25, 0.3) is 0 Å². The predicted molar refractivity (Wildman–Crippen MR) is 221 cm³/mol. The number of anilines is 3. The van der Waals surface area contributed by atoms with E-state index >= 15 is 0 Å². The van der Waals surface area contributed by atoms with Gasteiger partial charge in [0.2, 0.25) is 0 Å². The zero-order valence-corrected chi connectivity index (χ0v) is 30.0. The molecule has 0 N–H and O–H groups in total. The Bertz CT molecular complexity index is 2990. The fourth-order valence-electron chi connectivity index (χ4n) is 8.44. The zero-order chi connectivity index (χ0) is 34.2. The maximum absolute atomic E-state index is 2.48. The minimum Gasteiger partial charge on any atom is -0.0602 e. The van der Waals surface area contributed by atoms with Crippen LogP contribution in [0.5, 0.6) is 0 Å². The number of hydrogen-bond donors (Lipinski definition) is 0. The molecular weight excluding hydrogens is 696 g/mol. The van der Waals surface area contributed by atoms with Crippen LogP contribution >= 0.6 is 0 Å². The van der Waals surface area contributed by atoms with Gasteiger partial charge in [0.1, 0.15) is 0 Å². The van der Waals surface area contributed by atoms with Crippen LogP contribution in [-0.4, -0.2) is 19.1 Å². The maximum atomic E-state index is 2.48. The first kappa shape index (κ1) is 29.6. The van der Waals surface area contributed by atoms with Crippen molar-refractivity contribution in [2.75, 3.05) is 4.90 Å². The fourth-order valence-corrected chi connectivity index (χ4v) is 10.8. The molecule has 8 aromatic carbocycles. The summed E-state index contributed by atoms with van der Waals surface area (Å²) in [6.45, 7) is 0. The number of nitrogens with zero attached hydrogens (tertiary/aromatic N) is 2. The number of para-hydroxylation sites is 2. The van der Waals surface area contributed by atoms with Crippen molar-refractivity contribution in [3.8, 4) is 27.9 Å². The molecule has 52 heavy (non-hydrogen) atoms. The van der Waals surface area contributed by atoms with Gasteiger partial charge in [-0.25, -0.2) is 0 Å². The number of fused-ring (bicyclic) bond motifs is 9. The second-order valence-corrected chi connectivity index (χ2v) is 16.0. The van der Waals surface area contributed by atoms with Gasteiger partial charge in [0, 0.05) is 5.69 Å². The van der Waals surface area contributed by atoms with Crippen LogP contribution in [0, 0.1) is 0 Å².